The third-order valence-corrected chi connectivity index (χ3v) is 3.84. The molecule has 1 atom stereocenters. The van der Waals surface area contributed by atoms with Crippen LogP contribution in [0.1, 0.15) is 84.0 Å². The molecule has 0 aromatic heterocycles. The third kappa shape index (κ3) is 14.4. The topological polar surface area (TPSA) is 86.5 Å². The molecule has 23 heavy (non-hydrogen) atoms. The standard InChI is InChI=1S/C17H30ClNO4/c1-2-3-4-5-6-7-8-9-10-11-16(21)23-17(22)14(19)12-13-15(18)20/h14H,2-13,19H2,1H3. The smallest absolute Gasteiger partial charge is 0.330 e. The van der Waals surface area contributed by atoms with Gasteiger partial charge in [-0.2, -0.15) is 0 Å². The van der Waals surface area contributed by atoms with Crippen LogP contribution in [-0.4, -0.2) is 23.2 Å². The Hall–Kier alpha value is -0.940. The quantitative estimate of drug-likeness (QED) is 0.223. The van der Waals surface area contributed by atoms with Gasteiger partial charge in [0.15, 0.2) is 0 Å². The van der Waals surface area contributed by atoms with Crippen LogP contribution in [0.2, 0.25) is 0 Å². The lowest BCUT2D eigenvalue weighted by atomic mass is 10.1. The minimum Gasteiger partial charge on any atom is -0.392 e. The number of ether oxygens (including phenoxy) is 1. The van der Waals surface area contributed by atoms with Crippen molar-refractivity contribution in [1.82, 2.24) is 0 Å². The summed E-state index contributed by atoms with van der Waals surface area (Å²) in [6, 6.07) is -0.982. The molecule has 0 heterocycles. The Morgan fingerprint density at radius 1 is 0.913 bits per heavy atom. The molecule has 0 bridgehead atoms. The summed E-state index contributed by atoms with van der Waals surface area (Å²) >= 11 is 5.16. The van der Waals surface area contributed by atoms with Gasteiger partial charge in [-0.1, -0.05) is 58.3 Å². The first-order valence-corrected chi connectivity index (χ1v) is 9.03. The molecule has 0 aliphatic rings. The molecule has 0 aliphatic heterocycles. The highest BCUT2D eigenvalue weighted by Crippen LogP contribution is 2.11. The lowest BCUT2D eigenvalue weighted by molar-refractivity contribution is -0.160. The molecule has 0 rings (SSSR count). The van der Waals surface area contributed by atoms with E-state index in [0.29, 0.717) is 0 Å². The summed E-state index contributed by atoms with van der Waals surface area (Å²) in [7, 11) is 0. The number of hydrogen-bond acceptors (Lipinski definition) is 5. The van der Waals surface area contributed by atoms with Gasteiger partial charge in [0.1, 0.15) is 6.04 Å². The summed E-state index contributed by atoms with van der Waals surface area (Å²) in [5.41, 5.74) is 5.52. The van der Waals surface area contributed by atoms with Crippen LogP contribution in [0.15, 0.2) is 0 Å². The van der Waals surface area contributed by atoms with E-state index in [2.05, 4.69) is 11.7 Å². The monoisotopic (exact) mass is 347 g/mol. The first-order chi connectivity index (χ1) is 11.0. The van der Waals surface area contributed by atoms with E-state index in [9.17, 15) is 14.4 Å². The minimum absolute atomic E-state index is 0.00965. The maximum absolute atomic E-state index is 11.5. The summed E-state index contributed by atoms with van der Waals surface area (Å²) in [5, 5.41) is -0.561. The molecule has 134 valence electrons. The van der Waals surface area contributed by atoms with Crippen molar-refractivity contribution < 1.29 is 19.1 Å². The van der Waals surface area contributed by atoms with E-state index in [4.69, 9.17) is 17.3 Å². The van der Waals surface area contributed by atoms with Crippen molar-refractivity contribution >= 4 is 28.8 Å². The maximum Gasteiger partial charge on any atom is 0.330 e. The van der Waals surface area contributed by atoms with E-state index in [0.717, 1.165) is 19.3 Å². The molecule has 5 nitrogen and oxygen atoms in total. The van der Waals surface area contributed by atoms with Crippen LogP contribution in [0, 0.1) is 0 Å². The van der Waals surface area contributed by atoms with Gasteiger partial charge in [0, 0.05) is 12.8 Å². The number of unbranched alkanes of at least 4 members (excludes halogenated alkanes) is 8. The fraction of sp³-hybridized carbons (Fsp3) is 0.824. The Bertz CT molecular complexity index is 361. The van der Waals surface area contributed by atoms with E-state index in [1.54, 1.807) is 0 Å². The zero-order valence-electron chi connectivity index (χ0n) is 14.2. The fourth-order valence-corrected chi connectivity index (χ4v) is 2.31. The lowest BCUT2D eigenvalue weighted by Gasteiger charge is -2.09. The van der Waals surface area contributed by atoms with Crippen molar-refractivity contribution in [3.8, 4) is 0 Å². The first-order valence-electron chi connectivity index (χ1n) is 8.65. The largest absolute Gasteiger partial charge is 0.392 e. The van der Waals surface area contributed by atoms with Crippen LogP contribution >= 0.6 is 11.6 Å². The molecule has 0 amide bonds. The van der Waals surface area contributed by atoms with Gasteiger partial charge >= 0.3 is 11.9 Å². The second-order valence-corrected chi connectivity index (χ2v) is 6.29. The Morgan fingerprint density at radius 3 is 1.96 bits per heavy atom. The Morgan fingerprint density at radius 2 is 1.43 bits per heavy atom. The van der Waals surface area contributed by atoms with Gasteiger partial charge in [-0.05, 0) is 24.4 Å². The zero-order chi connectivity index (χ0) is 17.5. The van der Waals surface area contributed by atoms with Crippen molar-refractivity contribution in [2.75, 3.05) is 0 Å². The average Bonchev–Trinajstić information content (AvgIpc) is 2.50. The van der Waals surface area contributed by atoms with Crippen molar-refractivity contribution in [3.05, 3.63) is 0 Å². The second kappa shape index (κ2) is 14.6. The van der Waals surface area contributed by atoms with Crippen molar-refractivity contribution in [2.45, 2.75) is 90.0 Å². The van der Waals surface area contributed by atoms with Crippen LogP contribution in [0.5, 0.6) is 0 Å². The number of carbonyl (C=O) groups is 3. The van der Waals surface area contributed by atoms with Crippen LogP contribution in [-0.2, 0) is 19.1 Å². The number of carbonyl (C=O) groups excluding carboxylic acids is 3. The lowest BCUT2D eigenvalue weighted by Crippen LogP contribution is -2.34. The molecule has 1 unspecified atom stereocenters. The molecule has 0 fully saturated rings. The number of esters is 2. The Kier molecular flexibility index (Phi) is 14.0. The Balaban J connectivity index is 3.55. The summed E-state index contributed by atoms with van der Waals surface area (Å²) in [6.07, 6.45) is 10.7. The van der Waals surface area contributed by atoms with Gasteiger partial charge < -0.3 is 10.5 Å². The van der Waals surface area contributed by atoms with Gasteiger partial charge in [-0.15, -0.1) is 0 Å². The van der Waals surface area contributed by atoms with Gasteiger partial charge in [0.2, 0.25) is 5.24 Å². The van der Waals surface area contributed by atoms with Crippen LogP contribution in [0.3, 0.4) is 0 Å². The molecule has 0 aliphatic carbocycles. The molecule has 0 spiro atoms. The number of hydrogen-bond donors (Lipinski definition) is 1. The highest BCUT2D eigenvalue weighted by Gasteiger charge is 2.19. The zero-order valence-corrected chi connectivity index (χ0v) is 14.9. The molecular formula is C17H30ClNO4. The fourth-order valence-electron chi connectivity index (χ4n) is 2.21. The number of rotatable bonds is 14. The second-order valence-electron chi connectivity index (χ2n) is 5.87. The van der Waals surface area contributed by atoms with Crippen molar-refractivity contribution in [3.63, 3.8) is 0 Å². The SMILES string of the molecule is CCCCCCCCCCCC(=O)OC(=O)C(N)CCC(=O)Cl. The molecule has 0 aromatic rings. The number of halogens is 1. The predicted octanol–water partition coefficient (Wildman–Crippen LogP) is 3.85. The number of nitrogens with two attached hydrogens (primary N) is 1. The van der Waals surface area contributed by atoms with Crippen LogP contribution in [0.25, 0.3) is 0 Å². The highest BCUT2D eigenvalue weighted by molar-refractivity contribution is 6.63. The van der Waals surface area contributed by atoms with Gasteiger partial charge in [0.25, 0.3) is 0 Å². The minimum atomic E-state index is -0.982. The molecule has 0 saturated heterocycles. The Labute approximate surface area is 144 Å². The van der Waals surface area contributed by atoms with Crippen LogP contribution in [0.4, 0.5) is 0 Å². The van der Waals surface area contributed by atoms with Crippen LogP contribution < -0.4 is 5.73 Å². The molecule has 0 aromatic carbocycles. The summed E-state index contributed by atoms with van der Waals surface area (Å²) < 4.78 is 4.66. The first kappa shape index (κ1) is 22.1. The van der Waals surface area contributed by atoms with Crippen molar-refractivity contribution in [1.29, 1.82) is 0 Å². The van der Waals surface area contributed by atoms with E-state index in [1.165, 1.54) is 38.5 Å². The normalized spacial score (nSPS) is 12.0. The predicted molar refractivity (Wildman–Crippen MR) is 91.0 cm³/mol. The molecule has 0 radical (unpaired) electrons. The van der Waals surface area contributed by atoms with Crippen molar-refractivity contribution in [2.24, 2.45) is 5.73 Å². The van der Waals surface area contributed by atoms with E-state index in [-0.39, 0.29) is 19.3 Å². The summed E-state index contributed by atoms with van der Waals surface area (Å²) in [4.78, 5) is 33.6. The molecule has 6 heteroatoms. The van der Waals surface area contributed by atoms with Gasteiger partial charge in [-0.25, -0.2) is 4.79 Å². The molecular weight excluding hydrogens is 318 g/mol. The molecule has 2 N–H and O–H groups in total. The maximum atomic E-state index is 11.5. The average molecular weight is 348 g/mol. The van der Waals surface area contributed by atoms with E-state index in [1.807, 2.05) is 0 Å². The van der Waals surface area contributed by atoms with E-state index >= 15 is 0 Å². The summed E-state index contributed by atoms with van der Waals surface area (Å²) in [6.45, 7) is 2.20. The third-order valence-electron chi connectivity index (χ3n) is 3.65. The highest BCUT2D eigenvalue weighted by atomic mass is 35.5. The van der Waals surface area contributed by atoms with E-state index < -0.39 is 23.2 Å². The van der Waals surface area contributed by atoms with Gasteiger partial charge in [0.05, 0.1) is 0 Å². The van der Waals surface area contributed by atoms with Gasteiger partial charge in [-0.3, -0.25) is 9.59 Å². The molecule has 0 saturated carbocycles. The summed E-state index contributed by atoms with van der Waals surface area (Å²) in [5.74, 6) is -1.34.